The third-order valence-corrected chi connectivity index (χ3v) is 3.95. The van der Waals surface area contributed by atoms with E-state index >= 15 is 0 Å². The predicted octanol–water partition coefficient (Wildman–Crippen LogP) is 1.69. The molecule has 0 aliphatic heterocycles. The third-order valence-electron chi connectivity index (χ3n) is 3.95. The maximum atomic E-state index is 6.46. The number of ether oxygens (including phenoxy) is 1. The maximum absolute atomic E-state index is 6.46. The SMILES string of the molecule is COC1CCCCC1(N)c1noc(C2CC2)n1. The number of hydrogen-bond donors (Lipinski definition) is 1. The molecule has 5 heteroatoms. The molecule has 1 aromatic rings. The summed E-state index contributed by atoms with van der Waals surface area (Å²) in [6, 6.07) is 0. The molecule has 2 aliphatic carbocycles. The zero-order valence-electron chi connectivity index (χ0n) is 10.2. The molecular formula is C12H19N3O2. The van der Waals surface area contributed by atoms with Gasteiger partial charge in [-0.2, -0.15) is 4.98 Å². The molecule has 0 bridgehead atoms. The molecule has 0 spiro atoms. The molecule has 0 saturated heterocycles. The van der Waals surface area contributed by atoms with E-state index in [1.165, 1.54) is 0 Å². The number of nitrogens with zero attached hydrogens (tertiary/aromatic N) is 2. The predicted molar refractivity (Wildman–Crippen MR) is 61.4 cm³/mol. The first-order chi connectivity index (χ1) is 8.24. The van der Waals surface area contributed by atoms with Crippen molar-refractivity contribution in [3.05, 3.63) is 11.7 Å². The van der Waals surface area contributed by atoms with Crippen molar-refractivity contribution in [1.82, 2.24) is 10.1 Å². The van der Waals surface area contributed by atoms with E-state index < -0.39 is 5.54 Å². The molecule has 2 aliphatic rings. The van der Waals surface area contributed by atoms with E-state index in [1.54, 1.807) is 7.11 Å². The van der Waals surface area contributed by atoms with Gasteiger partial charge in [-0.15, -0.1) is 0 Å². The summed E-state index contributed by atoms with van der Waals surface area (Å²) >= 11 is 0. The number of aromatic nitrogens is 2. The summed E-state index contributed by atoms with van der Waals surface area (Å²) in [6.45, 7) is 0. The van der Waals surface area contributed by atoms with Crippen LogP contribution in [-0.2, 0) is 10.3 Å². The molecule has 3 rings (SSSR count). The molecule has 94 valence electrons. The minimum Gasteiger partial charge on any atom is -0.379 e. The highest BCUT2D eigenvalue weighted by Crippen LogP contribution is 2.41. The maximum Gasteiger partial charge on any atom is 0.229 e. The van der Waals surface area contributed by atoms with Gasteiger partial charge in [0.15, 0.2) is 5.82 Å². The van der Waals surface area contributed by atoms with Crippen LogP contribution in [0.1, 0.15) is 56.2 Å². The molecule has 1 aromatic heterocycles. The van der Waals surface area contributed by atoms with Crippen molar-refractivity contribution in [2.24, 2.45) is 5.73 Å². The van der Waals surface area contributed by atoms with Crippen LogP contribution in [0.5, 0.6) is 0 Å². The summed E-state index contributed by atoms with van der Waals surface area (Å²) < 4.78 is 10.8. The molecule has 2 N–H and O–H groups in total. The van der Waals surface area contributed by atoms with Gasteiger partial charge in [-0.25, -0.2) is 0 Å². The molecule has 0 amide bonds. The highest BCUT2D eigenvalue weighted by atomic mass is 16.5. The zero-order chi connectivity index (χ0) is 11.9. The fourth-order valence-corrected chi connectivity index (χ4v) is 2.67. The van der Waals surface area contributed by atoms with E-state index in [0.29, 0.717) is 11.7 Å². The minimum atomic E-state index is -0.566. The molecule has 2 fully saturated rings. The second-order valence-corrected chi connectivity index (χ2v) is 5.24. The van der Waals surface area contributed by atoms with E-state index in [9.17, 15) is 0 Å². The second-order valence-electron chi connectivity index (χ2n) is 5.24. The first kappa shape index (κ1) is 11.2. The number of rotatable bonds is 3. The molecule has 0 radical (unpaired) electrons. The zero-order valence-corrected chi connectivity index (χ0v) is 10.2. The number of nitrogens with two attached hydrogens (primary N) is 1. The van der Waals surface area contributed by atoms with Crippen LogP contribution in [-0.4, -0.2) is 23.4 Å². The lowest BCUT2D eigenvalue weighted by atomic mass is 9.79. The van der Waals surface area contributed by atoms with Crippen LogP contribution >= 0.6 is 0 Å². The lowest BCUT2D eigenvalue weighted by Crippen LogP contribution is -2.51. The van der Waals surface area contributed by atoms with Crippen LogP contribution in [0.25, 0.3) is 0 Å². The Bertz CT molecular complexity index is 402. The van der Waals surface area contributed by atoms with Gasteiger partial charge in [0.2, 0.25) is 5.89 Å². The van der Waals surface area contributed by atoms with Crippen molar-refractivity contribution >= 4 is 0 Å². The van der Waals surface area contributed by atoms with Gasteiger partial charge < -0.3 is 15.0 Å². The van der Waals surface area contributed by atoms with Crippen molar-refractivity contribution in [2.45, 2.75) is 56.1 Å². The Morgan fingerprint density at radius 2 is 2.18 bits per heavy atom. The Kier molecular flexibility index (Phi) is 2.67. The highest BCUT2D eigenvalue weighted by Gasteiger charge is 2.44. The first-order valence-electron chi connectivity index (χ1n) is 6.40. The standard InChI is InChI=1S/C12H19N3O2/c1-16-9-4-2-3-7-12(9,13)11-14-10(17-15-11)8-5-6-8/h8-9H,2-7,13H2,1H3. The van der Waals surface area contributed by atoms with E-state index in [1.807, 2.05) is 0 Å². The second kappa shape index (κ2) is 4.07. The summed E-state index contributed by atoms with van der Waals surface area (Å²) in [4.78, 5) is 4.48. The molecule has 2 saturated carbocycles. The molecule has 0 aromatic carbocycles. The van der Waals surface area contributed by atoms with Crippen molar-refractivity contribution in [1.29, 1.82) is 0 Å². The van der Waals surface area contributed by atoms with Crippen LogP contribution in [0.2, 0.25) is 0 Å². The lowest BCUT2D eigenvalue weighted by molar-refractivity contribution is -0.000963. The molecule has 17 heavy (non-hydrogen) atoms. The number of hydrogen-bond acceptors (Lipinski definition) is 5. The quantitative estimate of drug-likeness (QED) is 0.865. The van der Waals surface area contributed by atoms with Crippen LogP contribution in [0.4, 0.5) is 0 Å². The summed E-state index contributed by atoms with van der Waals surface area (Å²) in [5.41, 5.74) is 5.89. The highest BCUT2D eigenvalue weighted by molar-refractivity contribution is 5.12. The van der Waals surface area contributed by atoms with Gasteiger partial charge in [0, 0.05) is 13.0 Å². The Hall–Kier alpha value is -0.940. The summed E-state index contributed by atoms with van der Waals surface area (Å²) in [7, 11) is 1.71. The fourth-order valence-electron chi connectivity index (χ4n) is 2.67. The van der Waals surface area contributed by atoms with Gasteiger partial charge in [0.25, 0.3) is 0 Å². The largest absolute Gasteiger partial charge is 0.379 e. The van der Waals surface area contributed by atoms with Gasteiger partial charge in [-0.05, 0) is 25.7 Å². The lowest BCUT2D eigenvalue weighted by Gasteiger charge is -2.37. The van der Waals surface area contributed by atoms with Crippen LogP contribution in [0.15, 0.2) is 4.52 Å². The van der Waals surface area contributed by atoms with Crippen LogP contribution in [0.3, 0.4) is 0 Å². The Labute approximate surface area is 101 Å². The van der Waals surface area contributed by atoms with Crippen molar-refractivity contribution in [3.8, 4) is 0 Å². The van der Waals surface area contributed by atoms with E-state index in [0.717, 1.165) is 44.4 Å². The topological polar surface area (TPSA) is 74.2 Å². The summed E-state index contributed by atoms with van der Waals surface area (Å²) in [5, 5.41) is 4.08. The molecule has 2 atom stereocenters. The van der Waals surface area contributed by atoms with Crippen molar-refractivity contribution < 1.29 is 9.26 Å². The van der Waals surface area contributed by atoms with Gasteiger partial charge in [-0.3, -0.25) is 0 Å². The van der Waals surface area contributed by atoms with Gasteiger partial charge >= 0.3 is 0 Å². The first-order valence-corrected chi connectivity index (χ1v) is 6.40. The monoisotopic (exact) mass is 237 g/mol. The van der Waals surface area contributed by atoms with Gasteiger partial charge in [0.05, 0.1) is 6.10 Å². The van der Waals surface area contributed by atoms with Gasteiger partial charge in [-0.1, -0.05) is 18.0 Å². The summed E-state index contributed by atoms with van der Waals surface area (Å²) in [6.07, 6.45) is 6.42. The van der Waals surface area contributed by atoms with E-state index in [4.69, 9.17) is 15.0 Å². The Morgan fingerprint density at radius 3 is 2.88 bits per heavy atom. The van der Waals surface area contributed by atoms with E-state index in [2.05, 4.69) is 10.1 Å². The average molecular weight is 237 g/mol. The smallest absolute Gasteiger partial charge is 0.229 e. The van der Waals surface area contributed by atoms with Crippen LogP contribution in [0, 0.1) is 0 Å². The molecule has 1 heterocycles. The molecule has 5 nitrogen and oxygen atoms in total. The normalized spacial score (nSPS) is 33.9. The molecule has 2 unspecified atom stereocenters. The minimum absolute atomic E-state index is 0.000836. The number of methoxy groups -OCH3 is 1. The molecular weight excluding hydrogens is 218 g/mol. The Morgan fingerprint density at radius 1 is 1.35 bits per heavy atom. The van der Waals surface area contributed by atoms with Crippen molar-refractivity contribution in [3.63, 3.8) is 0 Å². The third kappa shape index (κ3) is 1.87. The van der Waals surface area contributed by atoms with Crippen LogP contribution < -0.4 is 5.73 Å². The van der Waals surface area contributed by atoms with E-state index in [-0.39, 0.29) is 6.10 Å². The summed E-state index contributed by atoms with van der Waals surface area (Å²) in [5.74, 6) is 1.86. The fraction of sp³-hybridized carbons (Fsp3) is 0.833. The van der Waals surface area contributed by atoms with Gasteiger partial charge in [0.1, 0.15) is 5.54 Å². The average Bonchev–Trinajstić information content (AvgIpc) is 3.07. The van der Waals surface area contributed by atoms with Crippen molar-refractivity contribution in [2.75, 3.05) is 7.11 Å². The Balaban J connectivity index is 1.87.